The molecule has 5 nitrogen and oxygen atoms in total. The molecule has 128 valence electrons. The molecule has 1 aromatic carbocycles. The van der Waals surface area contributed by atoms with E-state index in [9.17, 15) is 4.79 Å². The Labute approximate surface area is 147 Å². The zero-order valence-corrected chi connectivity index (χ0v) is 14.4. The first-order chi connectivity index (χ1) is 12.1. The highest BCUT2D eigenvalue weighted by atomic mass is 16.5. The molecule has 0 aliphatic carbocycles. The average Bonchev–Trinajstić information content (AvgIpc) is 3.01. The number of fused-ring (bicyclic) bond motifs is 1. The van der Waals surface area contributed by atoms with Gasteiger partial charge in [0.2, 0.25) is 5.91 Å². The van der Waals surface area contributed by atoms with Crippen molar-refractivity contribution in [2.24, 2.45) is 0 Å². The number of carbonyl (C=O) groups is 1. The molecule has 0 fully saturated rings. The monoisotopic (exact) mass is 335 g/mol. The van der Waals surface area contributed by atoms with E-state index >= 15 is 0 Å². The minimum Gasteiger partial charge on any atom is -0.494 e. The van der Waals surface area contributed by atoms with Crippen molar-refractivity contribution in [2.75, 3.05) is 6.61 Å². The van der Waals surface area contributed by atoms with E-state index in [-0.39, 0.29) is 5.91 Å². The highest BCUT2D eigenvalue weighted by molar-refractivity contribution is 5.91. The maximum atomic E-state index is 12.0. The fraction of sp³-hybridized carbons (Fsp3) is 0.200. The summed E-state index contributed by atoms with van der Waals surface area (Å²) < 4.78 is 7.34. The second kappa shape index (κ2) is 7.66. The van der Waals surface area contributed by atoms with Gasteiger partial charge >= 0.3 is 0 Å². The van der Waals surface area contributed by atoms with Crippen molar-refractivity contribution >= 4 is 17.6 Å². The molecule has 2 heterocycles. The Hall–Kier alpha value is -3.08. The lowest BCUT2D eigenvalue weighted by molar-refractivity contribution is -0.116. The lowest BCUT2D eigenvalue weighted by atomic mass is 10.2. The molecular formula is C20H21N3O2. The highest BCUT2D eigenvalue weighted by Gasteiger charge is 2.03. The minimum absolute atomic E-state index is 0.151. The van der Waals surface area contributed by atoms with Crippen LogP contribution in [0.4, 0.5) is 0 Å². The first-order valence-corrected chi connectivity index (χ1v) is 8.27. The van der Waals surface area contributed by atoms with Crippen LogP contribution in [-0.4, -0.2) is 21.9 Å². The summed E-state index contributed by atoms with van der Waals surface area (Å²) in [7, 11) is 0. The van der Waals surface area contributed by atoms with Crippen molar-refractivity contribution < 1.29 is 9.53 Å². The van der Waals surface area contributed by atoms with E-state index in [0.717, 1.165) is 28.2 Å². The summed E-state index contributed by atoms with van der Waals surface area (Å²) in [4.78, 5) is 16.5. The Kier molecular flexibility index (Phi) is 5.14. The van der Waals surface area contributed by atoms with Gasteiger partial charge in [0.05, 0.1) is 18.8 Å². The summed E-state index contributed by atoms with van der Waals surface area (Å²) in [6.45, 7) is 5.01. The fourth-order valence-electron chi connectivity index (χ4n) is 2.47. The summed E-state index contributed by atoms with van der Waals surface area (Å²) in [5.41, 5.74) is 3.82. The van der Waals surface area contributed by atoms with Crippen LogP contribution in [0.1, 0.15) is 23.7 Å². The van der Waals surface area contributed by atoms with Gasteiger partial charge < -0.3 is 14.5 Å². The molecule has 3 aromatic rings. The summed E-state index contributed by atoms with van der Waals surface area (Å²) in [6, 6.07) is 11.6. The number of nitrogens with zero attached hydrogens (tertiary/aromatic N) is 2. The first kappa shape index (κ1) is 16.8. The highest BCUT2D eigenvalue weighted by Crippen LogP contribution is 2.13. The maximum absolute atomic E-state index is 12.0. The Balaban J connectivity index is 1.56. The van der Waals surface area contributed by atoms with Crippen molar-refractivity contribution in [3.8, 4) is 5.75 Å². The number of benzene rings is 1. The van der Waals surface area contributed by atoms with Crippen LogP contribution in [0.3, 0.4) is 0 Å². The number of hydrogen-bond acceptors (Lipinski definition) is 3. The van der Waals surface area contributed by atoms with E-state index in [1.807, 2.05) is 67.0 Å². The lowest BCUT2D eigenvalue weighted by Crippen LogP contribution is -2.20. The van der Waals surface area contributed by atoms with Crippen LogP contribution in [0.5, 0.6) is 5.75 Å². The third-order valence-electron chi connectivity index (χ3n) is 3.73. The zero-order chi connectivity index (χ0) is 17.6. The molecule has 1 N–H and O–H groups in total. The van der Waals surface area contributed by atoms with Gasteiger partial charge in [-0.25, -0.2) is 4.98 Å². The Bertz CT molecular complexity index is 895. The number of hydrogen-bond donors (Lipinski definition) is 1. The van der Waals surface area contributed by atoms with Gasteiger partial charge in [0.1, 0.15) is 11.4 Å². The van der Waals surface area contributed by atoms with Crippen LogP contribution < -0.4 is 10.1 Å². The predicted molar refractivity (Wildman–Crippen MR) is 98.4 cm³/mol. The van der Waals surface area contributed by atoms with Gasteiger partial charge in [0, 0.05) is 18.5 Å². The van der Waals surface area contributed by atoms with Crippen LogP contribution in [0.25, 0.3) is 11.7 Å². The summed E-state index contributed by atoms with van der Waals surface area (Å²) >= 11 is 0. The molecule has 2 aromatic heterocycles. The first-order valence-electron chi connectivity index (χ1n) is 8.27. The van der Waals surface area contributed by atoms with E-state index in [1.165, 1.54) is 6.08 Å². The number of ether oxygens (including phenoxy) is 1. The molecule has 0 spiro atoms. The third-order valence-corrected chi connectivity index (χ3v) is 3.73. The number of nitrogens with one attached hydrogen (secondary N) is 1. The standard InChI is InChI=1S/C20H21N3O2/c1-3-25-18-7-4-16(5-8-18)6-9-20(24)21-13-17-14-23-11-10-15(2)12-19(23)22-17/h4-12,14H,3,13H2,1-2H3,(H,21,24)/b9-6+. The third kappa shape index (κ3) is 4.47. The van der Waals surface area contributed by atoms with Crippen molar-refractivity contribution in [1.29, 1.82) is 0 Å². The Morgan fingerprint density at radius 1 is 1.28 bits per heavy atom. The molecule has 0 radical (unpaired) electrons. The number of pyridine rings is 1. The van der Waals surface area contributed by atoms with Crippen LogP contribution in [-0.2, 0) is 11.3 Å². The molecule has 0 aliphatic rings. The number of aryl methyl sites for hydroxylation is 1. The van der Waals surface area contributed by atoms with Gasteiger partial charge in [-0.2, -0.15) is 0 Å². The van der Waals surface area contributed by atoms with Crippen molar-refractivity contribution in [1.82, 2.24) is 14.7 Å². The van der Waals surface area contributed by atoms with Gasteiger partial charge in [-0.3, -0.25) is 4.79 Å². The smallest absolute Gasteiger partial charge is 0.244 e. The molecule has 1 amide bonds. The number of rotatable bonds is 6. The number of imidazole rings is 1. The Morgan fingerprint density at radius 2 is 2.08 bits per heavy atom. The second-order valence-electron chi connectivity index (χ2n) is 5.75. The molecule has 0 saturated heterocycles. The number of amides is 1. The van der Waals surface area contributed by atoms with E-state index in [0.29, 0.717) is 13.2 Å². The van der Waals surface area contributed by atoms with Gasteiger partial charge in [-0.05, 0) is 55.3 Å². The van der Waals surface area contributed by atoms with Crippen LogP contribution in [0.2, 0.25) is 0 Å². The van der Waals surface area contributed by atoms with Crippen LogP contribution >= 0.6 is 0 Å². The van der Waals surface area contributed by atoms with E-state index in [2.05, 4.69) is 10.3 Å². The minimum atomic E-state index is -0.151. The molecule has 0 bridgehead atoms. The largest absolute Gasteiger partial charge is 0.494 e. The van der Waals surface area contributed by atoms with Crippen LogP contribution in [0, 0.1) is 6.92 Å². The molecule has 0 unspecified atom stereocenters. The van der Waals surface area contributed by atoms with Gasteiger partial charge in [-0.1, -0.05) is 12.1 Å². The second-order valence-corrected chi connectivity index (χ2v) is 5.75. The normalized spacial score (nSPS) is 11.1. The molecule has 3 rings (SSSR count). The molecule has 5 heteroatoms. The molecule has 0 atom stereocenters. The van der Waals surface area contributed by atoms with E-state index < -0.39 is 0 Å². The van der Waals surface area contributed by atoms with Gasteiger partial charge in [-0.15, -0.1) is 0 Å². The predicted octanol–water partition coefficient (Wildman–Crippen LogP) is 3.37. The molecular weight excluding hydrogens is 314 g/mol. The van der Waals surface area contributed by atoms with Crippen LogP contribution in [0.15, 0.2) is 54.9 Å². The fourth-order valence-corrected chi connectivity index (χ4v) is 2.47. The lowest BCUT2D eigenvalue weighted by Gasteiger charge is -2.02. The summed E-state index contributed by atoms with van der Waals surface area (Å²) in [5, 5.41) is 2.85. The maximum Gasteiger partial charge on any atom is 0.244 e. The SMILES string of the molecule is CCOc1ccc(/C=C/C(=O)NCc2cn3ccc(C)cc3n2)cc1. The van der Waals surface area contributed by atoms with Gasteiger partial charge in [0.15, 0.2) is 0 Å². The Morgan fingerprint density at radius 3 is 2.84 bits per heavy atom. The van der Waals surface area contributed by atoms with Crippen molar-refractivity contribution in [3.05, 3.63) is 71.7 Å². The number of carbonyl (C=O) groups excluding carboxylic acids is 1. The molecule has 0 saturated carbocycles. The van der Waals surface area contributed by atoms with Crippen molar-refractivity contribution in [2.45, 2.75) is 20.4 Å². The van der Waals surface area contributed by atoms with E-state index in [4.69, 9.17) is 4.74 Å². The summed E-state index contributed by atoms with van der Waals surface area (Å²) in [6.07, 6.45) is 7.19. The van der Waals surface area contributed by atoms with Gasteiger partial charge in [0.25, 0.3) is 0 Å². The quantitative estimate of drug-likeness (QED) is 0.703. The van der Waals surface area contributed by atoms with E-state index in [1.54, 1.807) is 6.08 Å². The average molecular weight is 335 g/mol. The topological polar surface area (TPSA) is 55.6 Å². The number of aromatic nitrogens is 2. The zero-order valence-electron chi connectivity index (χ0n) is 14.4. The van der Waals surface area contributed by atoms with Crippen molar-refractivity contribution in [3.63, 3.8) is 0 Å². The molecule has 25 heavy (non-hydrogen) atoms. The summed E-state index contributed by atoms with van der Waals surface area (Å²) in [5.74, 6) is 0.674. The molecule has 0 aliphatic heterocycles.